The number of esters is 1. The quantitative estimate of drug-likeness (QED) is 0.443. The highest BCUT2D eigenvalue weighted by molar-refractivity contribution is 5.97. The molecule has 1 aliphatic heterocycles. The number of methoxy groups -OCH3 is 1. The molecular formula is C19H20O6. The Morgan fingerprint density at radius 3 is 2.84 bits per heavy atom. The van der Waals surface area contributed by atoms with Gasteiger partial charge in [-0.05, 0) is 17.2 Å². The molecule has 132 valence electrons. The Morgan fingerprint density at radius 2 is 2.24 bits per heavy atom. The number of rotatable bonds is 8. The van der Waals surface area contributed by atoms with Crippen molar-refractivity contribution in [2.24, 2.45) is 0 Å². The van der Waals surface area contributed by atoms with Crippen molar-refractivity contribution in [2.75, 3.05) is 13.7 Å². The van der Waals surface area contributed by atoms with Gasteiger partial charge in [-0.3, -0.25) is 4.79 Å². The summed E-state index contributed by atoms with van der Waals surface area (Å²) >= 11 is 0. The standard InChI is InChI=1S/C19H20O6/c1-4-6-12(5-2)7-8-24-16-9-14-13(10-17(21)25-19(14)22)15(11-20)18(16)23-3/h4-6,9,11,17,21H,1-2,7-8,10H2,3H3/b12-6+. The molecule has 1 unspecified atom stereocenters. The summed E-state index contributed by atoms with van der Waals surface area (Å²) in [6, 6.07) is 1.47. The average molecular weight is 344 g/mol. The Hall–Kier alpha value is -2.86. The number of aliphatic hydroxyl groups excluding tert-OH is 1. The number of carbonyl (C=O) groups is 2. The predicted molar refractivity (Wildman–Crippen MR) is 92.1 cm³/mol. The molecule has 2 rings (SSSR count). The van der Waals surface area contributed by atoms with E-state index in [1.807, 2.05) is 6.08 Å². The zero-order valence-corrected chi connectivity index (χ0v) is 14.0. The largest absolute Gasteiger partial charge is 0.492 e. The number of carbonyl (C=O) groups excluding carboxylic acids is 2. The van der Waals surface area contributed by atoms with Crippen LogP contribution in [-0.2, 0) is 11.2 Å². The first-order valence-electron chi connectivity index (χ1n) is 7.70. The molecule has 0 aromatic heterocycles. The number of fused-ring (bicyclic) bond motifs is 1. The maximum atomic E-state index is 12.0. The van der Waals surface area contributed by atoms with Gasteiger partial charge in [0.2, 0.25) is 6.29 Å². The van der Waals surface area contributed by atoms with Crippen LogP contribution >= 0.6 is 0 Å². The van der Waals surface area contributed by atoms with Gasteiger partial charge >= 0.3 is 5.97 Å². The van der Waals surface area contributed by atoms with Crippen LogP contribution in [0.25, 0.3) is 0 Å². The summed E-state index contributed by atoms with van der Waals surface area (Å²) in [7, 11) is 1.41. The molecule has 0 saturated heterocycles. The molecule has 1 N–H and O–H groups in total. The Labute approximate surface area is 146 Å². The van der Waals surface area contributed by atoms with Gasteiger partial charge < -0.3 is 19.3 Å². The van der Waals surface area contributed by atoms with Crippen LogP contribution in [0.15, 0.2) is 43.0 Å². The van der Waals surface area contributed by atoms with Crippen molar-refractivity contribution in [3.05, 3.63) is 59.7 Å². The zero-order valence-electron chi connectivity index (χ0n) is 14.0. The number of benzene rings is 1. The molecule has 0 saturated carbocycles. The lowest BCUT2D eigenvalue weighted by Gasteiger charge is -2.24. The number of ether oxygens (including phenoxy) is 3. The van der Waals surface area contributed by atoms with E-state index in [-0.39, 0.29) is 35.7 Å². The SMILES string of the molecule is C=C/C=C(\C=C)CCOc1cc2c(c(C=O)c1OC)CC(O)OC2=O. The Morgan fingerprint density at radius 1 is 1.48 bits per heavy atom. The zero-order chi connectivity index (χ0) is 18.4. The molecule has 0 aliphatic carbocycles. The van der Waals surface area contributed by atoms with Gasteiger partial charge in [-0.1, -0.05) is 31.4 Å². The molecule has 6 nitrogen and oxygen atoms in total. The Bertz CT molecular complexity index is 732. The molecule has 1 aromatic carbocycles. The van der Waals surface area contributed by atoms with Crippen LogP contribution in [-0.4, -0.2) is 37.4 Å². The topological polar surface area (TPSA) is 82.1 Å². The average Bonchev–Trinajstić information content (AvgIpc) is 2.60. The molecule has 1 atom stereocenters. The fourth-order valence-corrected chi connectivity index (χ4v) is 2.63. The summed E-state index contributed by atoms with van der Waals surface area (Å²) < 4.78 is 15.8. The lowest BCUT2D eigenvalue weighted by atomic mass is 9.95. The van der Waals surface area contributed by atoms with Gasteiger partial charge in [0.1, 0.15) is 0 Å². The third kappa shape index (κ3) is 3.97. The number of aldehydes is 1. The van der Waals surface area contributed by atoms with Crippen molar-refractivity contribution in [1.82, 2.24) is 0 Å². The fourth-order valence-electron chi connectivity index (χ4n) is 2.63. The second-order valence-electron chi connectivity index (χ2n) is 5.31. The monoisotopic (exact) mass is 344 g/mol. The second-order valence-corrected chi connectivity index (χ2v) is 5.31. The van der Waals surface area contributed by atoms with E-state index in [2.05, 4.69) is 13.2 Å². The Balaban J connectivity index is 2.35. The van der Waals surface area contributed by atoms with Crippen LogP contribution in [0.5, 0.6) is 11.5 Å². The van der Waals surface area contributed by atoms with Crippen molar-refractivity contribution in [3.8, 4) is 11.5 Å². The van der Waals surface area contributed by atoms with Crippen molar-refractivity contribution >= 4 is 12.3 Å². The molecule has 0 amide bonds. The normalized spacial score (nSPS) is 16.5. The highest BCUT2D eigenvalue weighted by atomic mass is 16.6. The molecule has 1 heterocycles. The van der Waals surface area contributed by atoms with Crippen LogP contribution in [0.4, 0.5) is 0 Å². The maximum Gasteiger partial charge on any atom is 0.340 e. The van der Waals surface area contributed by atoms with E-state index < -0.39 is 12.3 Å². The molecule has 25 heavy (non-hydrogen) atoms. The highest BCUT2D eigenvalue weighted by Gasteiger charge is 2.31. The lowest BCUT2D eigenvalue weighted by molar-refractivity contribution is -0.0688. The van der Waals surface area contributed by atoms with Gasteiger partial charge in [0.05, 0.1) is 24.8 Å². The van der Waals surface area contributed by atoms with Gasteiger partial charge in [-0.2, -0.15) is 0 Å². The summed E-state index contributed by atoms with van der Waals surface area (Å²) in [6.07, 6.45) is 5.06. The Kier molecular flexibility index (Phi) is 6.14. The van der Waals surface area contributed by atoms with Crippen molar-refractivity contribution in [2.45, 2.75) is 19.1 Å². The van der Waals surface area contributed by atoms with E-state index in [4.69, 9.17) is 14.2 Å². The van der Waals surface area contributed by atoms with E-state index in [9.17, 15) is 14.7 Å². The van der Waals surface area contributed by atoms with Gasteiger partial charge in [0.15, 0.2) is 17.8 Å². The summed E-state index contributed by atoms with van der Waals surface area (Å²) in [5.41, 5.74) is 1.69. The fraction of sp³-hybridized carbons (Fsp3) is 0.263. The number of aliphatic hydroxyl groups is 1. The number of hydrogen-bond donors (Lipinski definition) is 1. The molecule has 1 aliphatic rings. The lowest BCUT2D eigenvalue weighted by Crippen LogP contribution is -2.28. The third-order valence-corrected chi connectivity index (χ3v) is 3.80. The van der Waals surface area contributed by atoms with Crippen LogP contribution < -0.4 is 9.47 Å². The molecule has 0 radical (unpaired) electrons. The molecular weight excluding hydrogens is 324 g/mol. The first-order valence-corrected chi connectivity index (χ1v) is 7.70. The van der Waals surface area contributed by atoms with E-state index in [0.29, 0.717) is 18.3 Å². The smallest absolute Gasteiger partial charge is 0.340 e. The van der Waals surface area contributed by atoms with Crippen LogP contribution in [0.1, 0.15) is 32.7 Å². The number of hydrogen-bond acceptors (Lipinski definition) is 6. The van der Waals surface area contributed by atoms with Crippen molar-refractivity contribution in [1.29, 1.82) is 0 Å². The van der Waals surface area contributed by atoms with Crippen LogP contribution in [0.3, 0.4) is 0 Å². The van der Waals surface area contributed by atoms with Crippen molar-refractivity contribution < 1.29 is 28.9 Å². The highest BCUT2D eigenvalue weighted by Crippen LogP contribution is 2.38. The van der Waals surface area contributed by atoms with E-state index >= 15 is 0 Å². The van der Waals surface area contributed by atoms with Crippen molar-refractivity contribution in [3.63, 3.8) is 0 Å². The summed E-state index contributed by atoms with van der Waals surface area (Å²) in [4.78, 5) is 23.5. The van der Waals surface area contributed by atoms with E-state index in [1.54, 1.807) is 12.2 Å². The first kappa shape index (κ1) is 18.5. The number of cyclic esters (lactones) is 1. The summed E-state index contributed by atoms with van der Waals surface area (Å²) in [5, 5.41) is 9.60. The van der Waals surface area contributed by atoms with Gasteiger partial charge in [-0.25, -0.2) is 4.79 Å². The van der Waals surface area contributed by atoms with Crippen LogP contribution in [0, 0.1) is 0 Å². The molecule has 6 heteroatoms. The minimum atomic E-state index is -1.28. The molecule has 0 bridgehead atoms. The van der Waals surface area contributed by atoms with Gasteiger partial charge in [-0.15, -0.1) is 0 Å². The van der Waals surface area contributed by atoms with E-state index in [1.165, 1.54) is 13.2 Å². The third-order valence-electron chi connectivity index (χ3n) is 3.80. The maximum absolute atomic E-state index is 12.0. The van der Waals surface area contributed by atoms with Gasteiger partial charge in [0.25, 0.3) is 0 Å². The van der Waals surface area contributed by atoms with E-state index in [0.717, 1.165) is 5.57 Å². The van der Waals surface area contributed by atoms with Crippen LogP contribution in [0.2, 0.25) is 0 Å². The second kappa shape index (κ2) is 8.30. The minimum absolute atomic E-state index is 0.0223. The predicted octanol–water partition coefficient (Wildman–Crippen LogP) is 2.61. The number of allylic oxidation sites excluding steroid dienone is 3. The molecule has 1 aromatic rings. The first-order chi connectivity index (χ1) is 12.0. The summed E-state index contributed by atoms with van der Waals surface area (Å²) in [5.74, 6) is -0.218. The molecule has 0 spiro atoms. The minimum Gasteiger partial charge on any atom is -0.492 e. The molecule has 0 fully saturated rings. The van der Waals surface area contributed by atoms with Gasteiger partial charge in [0, 0.05) is 12.8 Å². The summed E-state index contributed by atoms with van der Waals surface area (Å²) in [6.45, 7) is 7.63.